The van der Waals surface area contributed by atoms with Crippen LogP contribution in [0.25, 0.3) is 0 Å². The number of ether oxygens (including phenoxy) is 1. The first-order valence-electron chi connectivity index (χ1n) is 6.80. The summed E-state index contributed by atoms with van der Waals surface area (Å²) < 4.78 is 7.22. The SMILES string of the molecule is CCCNC(Cc1cc(Br)cs1)C1CCC(C)O1. The average molecular weight is 332 g/mol. The molecule has 2 rings (SSSR count). The van der Waals surface area contributed by atoms with Crippen molar-refractivity contribution in [1.29, 1.82) is 0 Å². The van der Waals surface area contributed by atoms with Gasteiger partial charge in [0, 0.05) is 20.8 Å². The summed E-state index contributed by atoms with van der Waals surface area (Å²) in [7, 11) is 0. The van der Waals surface area contributed by atoms with E-state index in [4.69, 9.17) is 4.74 Å². The summed E-state index contributed by atoms with van der Waals surface area (Å²) in [5.74, 6) is 0. The van der Waals surface area contributed by atoms with Crippen LogP contribution >= 0.6 is 27.3 Å². The molecule has 1 aromatic rings. The lowest BCUT2D eigenvalue weighted by molar-refractivity contribution is 0.0322. The molecule has 1 aliphatic heterocycles. The van der Waals surface area contributed by atoms with Crippen LogP contribution in [-0.2, 0) is 11.2 Å². The summed E-state index contributed by atoms with van der Waals surface area (Å²) >= 11 is 5.36. The molecule has 2 nitrogen and oxygen atoms in total. The fraction of sp³-hybridized carbons (Fsp3) is 0.714. The van der Waals surface area contributed by atoms with Crippen LogP contribution in [0.3, 0.4) is 0 Å². The summed E-state index contributed by atoms with van der Waals surface area (Å²) in [6.45, 7) is 5.47. The maximum Gasteiger partial charge on any atom is 0.0736 e. The zero-order chi connectivity index (χ0) is 13.0. The van der Waals surface area contributed by atoms with Gasteiger partial charge in [0.25, 0.3) is 0 Å². The molecule has 0 spiro atoms. The number of hydrogen-bond acceptors (Lipinski definition) is 3. The summed E-state index contributed by atoms with van der Waals surface area (Å²) in [5.41, 5.74) is 0. The molecule has 1 aromatic heterocycles. The van der Waals surface area contributed by atoms with E-state index in [0.29, 0.717) is 18.2 Å². The van der Waals surface area contributed by atoms with Gasteiger partial charge in [-0.3, -0.25) is 0 Å². The van der Waals surface area contributed by atoms with Gasteiger partial charge in [-0.05, 0) is 61.1 Å². The van der Waals surface area contributed by atoms with Gasteiger partial charge >= 0.3 is 0 Å². The molecule has 102 valence electrons. The van der Waals surface area contributed by atoms with E-state index in [1.54, 1.807) is 0 Å². The maximum atomic E-state index is 6.03. The quantitative estimate of drug-likeness (QED) is 0.850. The summed E-state index contributed by atoms with van der Waals surface area (Å²) in [5, 5.41) is 5.81. The molecule has 0 aliphatic carbocycles. The van der Waals surface area contributed by atoms with Crippen molar-refractivity contribution in [2.45, 2.75) is 57.8 Å². The van der Waals surface area contributed by atoms with Crippen LogP contribution in [0.15, 0.2) is 15.9 Å². The summed E-state index contributed by atoms with van der Waals surface area (Å²) in [4.78, 5) is 1.43. The molecule has 1 aliphatic rings. The molecular weight excluding hydrogens is 310 g/mol. The van der Waals surface area contributed by atoms with Gasteiger partial charge in [-0.2, -0.15) is 0 Å². The van der Waals surface area contributed by atoms with E-state index in [1.165, 1.54) is 28.6 Å². The molecule has 1 saturated heterocycles. The normalized spacial score (nSPS) is 25.5. The Morgan fingerprint density at radius 1 is 1.56 bits per heavy atom. The highest BCUT2D eigenvalue weighted by molar-refractivity contribution is 9.10. The fourth-order valence-corrected chi connectivity index (χ4v) is 3.98. The van der Waals surface area contributed by atoms with E-state index in [-0.39, 0.29) is 0 Å². The first-order chi connectivity index (χ1) is 8.69. The lowest BCUT2D eigenvalue weighted by Crippen LogP contribution is -2.41. The lowest BCUT2D eigenvalue weighted by Gasteiger charge is -2.24. The first-order valence-corrected chi connectivity index (χ1v) is 8.48. The predicted molar refractivity (Wildman–Crippen MR) is 81.4 cm³/mol. The van der Waals surface area contributed by atoms with E-state index in [0.717, 1.165) is 13.0 Å². The van der Waals surface area contributed by atoms with Gasteiger partial charge in [0.05, 0.1) is 12.2 Å². The Kier molecular flexibility index (Phi) is 5.67. The highest BCUT2D eigenvalue weighted by Gasteiger charge is 2.29. The molecule has 18 heavy (non-hydrogen) atoms. The highest BCUT2D eigenvalue weighted by Crippen LogP contribution is 2.26. The zero-order valence-electron chi connectivity index (χ0n) is 11.1. The molecule has 1 N–H and O–H groups in total. The topological polar surface area (TPSA) is 21.3 Å². The van der Waals surface area contributed by atoms with Crippen molar-refractivity contribution in [3.05, 3.63) is 20.8 Å². The smallest absolute Gasteiger partial charge is 0.0736 e. The van der Waals surface area contributed by atoms with E-state index >= 15 is 0 Å². The van der Waals surface area contributed by atoms with Gasteiger partial charge in [0.2, 0.25) is 0 Å². The van der Waals surface area contributed by atoms with Crippen LogP contribution in [0.2, 0.25) is 0 Å². The van der Waals surface area contributed by atoms with Crippen LogP contribution < -0.4 is 5.32 Å². The Morgan fingerprint density at radius 2 is 2.39 bits per heavy atom. The van der Waals surface area contributed by atoms with Gasteiger partial charge in [0.15, 0.2) is 0 Å². The minimum Gasteiger partial charge on any atom is -0.374 e. The summed E-state index contributed by atoms with van der Waals surface area (Å²) in [6, 6.07) is 2.68. The molecule has 3 atom stereocenters. The van der Waals surface area contributed by atoms with E-state index in [1.807, 2.05) is 11.3 Å². The second-order valence-corrected chi connectivity index (χ2v) is 6.97. The Balaban J connectivity index is 1.96. The minimum absolute atomic E-state index is 0.382. The Hall–Kier alpha value is 0.1000. The monoisotopic (exact) mass is 331 g/mol. The second kappa shape index (κ2) is 7.04. The third-order valence-corrected chi connectivity index (χ3v) is 5.13. The van der Waals surface area contributed by atoms with Gasteiger partial charge in [-0.1, -0.05) is 6.92 Å². The molecule has 3 unspecified atom stereocenters. The standard InChI is InChI=1S/C14H22BrNOS/c1-3-6-16-13(14-5-4-10(2)17-14)8-12-7-11(15)9-18-12/h7,9-10,13-14,16H,3-6,8H2,1-2H3. The lowest BCUT2D eigenvalue weighted by atomic mass is 10.0. The average Bonchev–Trinajstić information content (AvgIpc) is 2.93. The van der Waals surface area contributed by atoms with E-state index in [2.05, 4.69) is 46.5 Å². The van der Waals surface area contributed by atoms with Crippen molar-refractivity contribution in [3.8, 4) is 0 Å². The summed E-state index contributed by atoms with van der Waals surface area (Å²) in [6.07, 6.45) is 5.45. The highest BCUT2D eigenvalue weighted by atomic mass is 79.9. The Labute approximate surface area is 122 Å². The predicted octanol–water partition coefficient (Wildman–Crippen LogP) is 3.99. The van der Waals surface area contributed by atoms with Gasteiger partial charge in [-0.25, -0.2) is 0 Å². The molecule has 1 fully saturated rings. The number of rotatable bonds is 6. The first kappa shape index (κ1) is 14.5. The Morgan fingerprint density at radius 3 is 2.94 bits per heavy atom. The fourth-order valence-electron chi connectivity index (χ4n) is 2.47. The van der Waals surface area contributed by atoms with Crippen molar-refractivity contribution in [2.75, 3.05) is 6.54 Å². The Bertz CT molecular complexity index is 368. The zero-order valence-corrected chi connectivity index (χ0v) is 13.5. The number of hydrogen-bond donors (Lipinski definition) is 1. The molecule has 0 radical (unpaired) electrons. The van der Waals surface area contributed by atoms with Crippen LogP contribution in [0.4, 0.5) is 0 Å². The molecule has 0 amide bonds. The third kappa shape index (κ3) is 4.05. The van der Waals surface area contributed by atoms with Gasteiger partial charge in [0.1, 0.15) is 0 Å². The largest absolute Gasteiger partial charge is 0.374 e. The molecule has 4 heteroatoms. The van der Waals surface area contributed by atoms with Crippen molar-refractivity contribution in [3.63, 3.8) is 0 Å². The van der Waals surface area contributed by atoms with Crippen LogP contribution in [0, 0.1) is 0 Å². The van der Waals surface area contributed by atoms with Crippen LogP contribution in [0.1, 0.15) is 38.0 Å². The molecule has 0 aromatic carbocycles. The van der Waals surface area contributed by atoms with Crippen molar-refractivity contribution in [2.24, 2.45) is 0 Å². The van der Waals surface area contributed by atoms with E-state index < -0.39 is 0 Å². The second-order valence-electron chi connectivity index (χ2n) is 5.06. The van der Waals surface area contributed by atoms with Crippen molar-refractivity contribution < 1.29 is 4.74 Å². The van der Waals surface area contributed by atoms with Crippen molar-refractivity contribution >= 4 is 27.3 Å². The molecule has 0 saturated carbocycles. The molecule has 2 heterocycles. The van der Waals surface area contributed by atoms with Crippen LogP contribution in [-0.4, -0.2) is 24.8 Å². The minimum atomic E-state index is 0.382. The number of thiophene rings is 1. The van der Waals surface area contributed by atoms with Gasteiger partial charge < -0.3 is 10.1 Å². The van der Waals surface area contributed by atoms with Crippen LogP contribution in [0.5, 0.6) is 0 Å². The number of halogens is 1. The van der Waals surface area contributed by atoms with E-state index in [9.17, 15) is 0 Å². The molecule has 0 bridgehead atoms. The third-order valence-electron chi connectivity index (χ3n) is 3.41. The van der Waals surface area contributed by atoms with Gasteiger partial charge in [-0.15, -0.1) is 11.3 Å². The maximum absolute atomic E-state index is 6.03. The van der Waals surface area contributed by atoms with Crippen molar-refractivity contribution in [1.82, 2.24) is 5.32 Å². The molecular formula is C14H22BrNOS. The number of nitrogens with one attached hydrogen (secondary N) is 1.